The Bertz CT molecular complexity index is 1520. The van der Waals surface area contributed by atoms with Crippen LogP contribution in [0.1, 0.15) is 385 Å². The van der Waals surface area contributed by atoms with Crippen molar-refractivity contribution in [1.29, 1.82) is 0 Å². The van der Waals surface area contributed by atoms with E-state index in [2.05, 4.69) is 0 Å². The summed E-state index contributed by atoms with van der Waals surface area (Å²) in [5, 5.41) is 0. The fraction of sp³-hybridized carbons (Fsp3) is 1.00. The fourth-order valence-electron chi connectivity index (χ4n) is 13.1. The van der Waals surface area contributed by atoms with Crippen molar-refractivity contribution in [1.82, 2.24) is 0 Å². The van der Waals surface area contributed by atoms with Crippen LogP contribution in [-0.4, -0.2) is 152 Å². The second-order valence-electron chi connectivity index (χ2n) is 31.7. The molecule has 0 saturated carbocycles. The topological polar surface area (TPSA) is 130 Å². The predicted molar refractivity (Wildman–Crippen MR) is 405 cm³/mol. The third-order valence-electron chi connectivity index (χ3n) is 19.7. The quantitative estimate of drug-likeness (QED) is 0.144. The molecule has 0 aliphatic carbocycles. The smallest absolute Gasteiger partial charge is 0.333 e. The Kier molecular flexibility index (Phi) is 66.2. The number of hydrogen-bond acceptors (Lipinski definition) is 8. The highest BCUT2D eigenvalue weighted by molar-refractivity contribution is 7.53. The number of rotatable bonds is 12. The number of nitrogens with zero attached hydrogens (tertiary/aromatic N) is 2. The summed E-state index contributed by atoms with van der Waals surface area (Å²) in [6, 6.07) is 0. The molecular weight excluding hydrogens is 1210 g/mol. The van der Waals surface area contributed by atoms with Gasteiger partial charge >= 0.3 is 15.2 Å². The van der Waals surface area contributed by atoms with E-state index in [0.717, 1.165) is 38.5 Å². The van der Waals surface area contributed by atoms with Crippen LogP contribution >= 0.6 is 15.2 Å². The van der Waals surface area contributed by atoms with Crippen LogP contribution in [0.15, 0.2) is 0 Å². The van der Waals surface area contributed by atoms with Gasteiger partial charge in [0.2, 0.25) is 0 Å². The standard InChI is InChI=1S/C80H164N2O10P2/c1-81(2,3)67-73-93(83,84)91-77-79-75-87-69-63-59-55-51-47-43-39-35-31-27-23-19-15-11-7-8-12-16-20-24-28-32-36-40-44-48-52-56-60-64-70-88-76-80(78-92-94(85,86)74-68-82(4,5)6)90-72-66-62-58-54-50-46-42-38-34-30-26-22-18-14-10-9-13-17-21-25-29-33-37-41-45-49-53-57-61-65-71-89-79/h79-80H,7-78H2,1-6H3/p+2/t79-,80?/m0/s1. The first-order valence-electron chi connectivity index (χ1n) is 41.5. The molecule has 1 saturated heterocycles. The molecule has 0 spiro atoms. The maximum atomic E-state index is 12.9. The van der Waals surface area contributed by atoms with Gasteiger partial charge in [-0.15, -0.1) is 0 Å². The van der Waals surface area contributed by atoms with Crippen LogP contribution in [0.2, 0.25) is 0 Å². The lowest BCUT2D eigenvalue weighted by Crippen LogP contribution is -2.37. The molecule has 12 nitrogen and oxygen atoms in total. The average molecular weight is 1380 g/mol. The van der Waals surface area contributed by atoms with Crippen molar-refractivity contribution < 1.29 is 55.9 Å². The third-order valence-corrected chi connectivity index (χ3v) is 22.3. The average Bonchev–Trinajstić information content (AvgIpc) is 1.71. The van der Waals surface area contributed by atoms with Crippen molar-refractivity contribution in [3.63, 3.8) is 0 Å². The second kappa shape index (κ2) is 67.5. The molecule has 1 fully saturated rings. The third kappa shape index (κ3) is 73.3. The van der Waals surface area contributed by atoms with E-state index in [-0.39, 0.29) is 37.7 Å². The summed E-state index contributed by atoms with van der Waals surface area (Å²) in [7, 11) is 4.83. The van der Waals surface area contributed by atoms with Crippen molar-refractivity contribution in [2.75, 3.05) is 121 Å². The first-order chi connectivity index (χ1) is 45.6. The van der Waals surface area contributed by atoms with Gasteiger partial charge in [-0.05, 0) is 25.7 Å². The zero-order valence-electron chi connectivity index (χ0n) is 64.0. The summed E-state index contributed by atoms with van der Waals surface area (Å²) in [6.45, 7) is 4.92. The molecule has 1 aliphatic heterocycles. The molecule has 1 rings (SSSR count). The zero-order valence-corrected chi connectivity index (χ0v) is 65.8. The van der Waals surface area contributed by atoms with E-state index in [0.29, 0.717) is 61.7 Å². The molecule has 0 aromatic carbocycles. The van der Waals surface area contributed by atoms with Crippen molar-refractivity contribution in [3.8, 4) is 0 Å². The van der Waals surface area contributed by atoms with Crippen LogP contribution in [-0.2, 0) is 37.1 Å². The molecule has 564 valence electrons. The molecule has 14 heteroatoms. The molecule has 1 aliphatic rings. The van der Waals surface area contributed by atoms with E-state index < -0.39 is 15.2 Å². The lowest BCUT2D eigenvalue weighted by molar-refractivity contribution is -0.867. The van der Waals surface area contributed by atoms with Gasteiger partial charge in [-0.1, -0.05) is 360 Å². The molecule has 1 heterocycles. The van der Waals surface area contributed by atoms with Crippen LogP contribution in [0.3, 0.4) is 0 Å². The Morgan fingerprint density at radius 3 is 0.574 bits per heavy atom. The van der Waals surface area contributed by atoms with Crippen molar-refractivity contribution >= 4 is 15.2 Å². The highest BCUT2D eigenvalue weighted by atomic mass is 31.2. The summed E-state index contributed by atoms with van der Waals surface area (Å²) in [5.41, 5.74) is 0. The highest BCUT2D eigenvalue weighted by Crippen LogP contribution is 2.43. The van der Waals surface area contributed by atoms with Crippen LogP contribution < -0.4 is 0 Å². The Balaban J connectivity index is 2.39. The van der Waals surface area contributed by atoms with Crippen LogP contribution in [0.4, 0.5) is 0 Å². The minimum absolute atomic E-state index is 0.106. The Hall–Kier alpha value is 0.0600. The largest absolute Gasteiger partial charge is 0.379 e. The SMILES string of the molecule is C[N+](C)(C)CCP(=O)(O)OCC1COCCCCCCCCCCCCCCCCCCCCCCCCCCCCCCCCOC[C@@H](COP(=O)(O)CC[N+](C)(C)C)OCCCCCCCCCCCCCCCCCCCCCCCCCCCCCCCCO1. The first kappa shape index (κ1) is 92.1. The lowest BCUT2D eigenvalue weighted by Gasteiger charge is -2.25. The monoisotopic (exact) mass is 1380 g/mol. The van der Waals surface area contributed by atoms with Crippen LogP contribution in [0, 0.1) is 0 Å². The van der Waals surface area contributed by atoms with Gasteiger partial charge in [0.25, 0.3) is 0 Å². The van der Waals surface area contributed by atoms with E-state index in [9.17, 15) is 18.9 Å². The molecular formula is C80H166N2O10P2+2. The molecule has 0 radical (unpaired) electrons. The molecule has 2 N–H and O–H groups in total. The maximum Gasteiger partial charge on any atom is 0.333 e. The van der Waals surface area contributed by atoms with Gasteiger partial charge in [0, 0.05) is 26.4 Å². The van der Waals surface area contributed by atoms with Gasteiger partial charge < -0.3 is 46.7 Å². The normalized spacial score (nSPS) is 24.6. The Labute approximate surface area is 586 Å². The Morgan fingerprint density at radius 2 is 0.415 bits per heavy atom. The van der Waals surface area contributed by atoms with Crippen LogP contribution in [0.25, 0.3) is 0 Å². The molecule has 4 atom stereocenters. The van der Waals surface area contributed by atoms with Gasteiger partial charge in [0.15, 0.2) is 0 Å². The Morgan fingerprint density at radius 1 is 0.266 bits per heavy atom. The van der Waals surface area contributed by atoms with E-state index in [1.54, 1.807) is 0 Å². The zero-order chi connectivity index (χ0) is 68.3. The van der Waals surface area contributed by atoms with E-state index in [1.807, 2.05) is 42.3 Å². The van der Waals surface area contributed by atoms with E-state index in [1.165, 1.54) is 347 Å². The molecule has 94 heavy (non-hydrogen) atoms. The second-order valence-corrected chi connectivity index (χ2v) is 35.7. The van der Waals surface area contributed by atoms with Crippen molar-refractivity contribution in [3.05, 3.63) is 0 Å². The van der Waals surface area contributed by atoms with E-state index in [4.69, 9.17) is 28.0 Å². The summed E-state index contributed by atoms with van der Waals surface area (Å²) < 4.78 is 62.9. The van der Waals surface area contributed by atoms with Gasteiger partial charge in [0.05, 0.1) is 94.1 Å². The maximum absolute atomic E-state index is 12.9. The minimum atomic E-state index is -3.68. The number of hydrogen-bond donors (Lipinski definition) is 2. The molecule has 0 amide bonds. The summed E-state index contributed by atoms with van der Waals surface area (Å²) >= 11 is 0. The van der Waals surface area contributed by atoms with Gasteiger partial charge in [-0.3, -0.25) is 9.13 Å². The summed E-state index contributed by atoms with van der Waals surface area (Å²) in [5.74, 6) is 0. The summed E-state index contributed by atoms with van der Waals surface area (Å²) in [4.78, 5) is 21.1. The van der Waals surface area contributed by atoms with Gasteiger partial charge in [0.1, 0.15) is 12.2 Å². The lowest BCUT2D eigenvalue weighted by atomic mass is 10.0. The van der Waals surface area contributed by atoms with Crippen molar-refractivity contribution in [2.24, 2.45) is 0 Å². The first-order valence-corrected chi connectivity index (χ1v) is 45.0. The van der Waals surface area contributed by atoms with Crippen LogP contribution in [0.5, 0.6) is 0 Å². The minimum Gasteiger partial charge on any atom is -0.379 e. The summed E-state index contributed by atoms with van der Waals surface area (Å²) in [6.07, 6.45) is 80.5. The number of ether oxygens (including phenoxy) is 4. The van der Waals surface area contributed by atoms with Crippen molar-refractivity contribution in [2.45, 2.75) is 397 Å². The van der Waals surface area contributed by atoms with Gasteiger partial charge in [-0.25, -0.2) is 0 Å². The molecule has 0 aromatic heterocycles. The number of quaternary nitrogens is 2. The molecule has 0 aromatic rings. The fourth-order valence-corrected chi connectivity index (χ4v) is 15.9. The predicted octanol–water partition coefficient (Wildman–Crippen LogP) is 24.0. The highest BCUT2D eigenvalue weighted by Gasteiger charge is 2.27. The van der Waals surface area contributed by atoms with Gasteiger partial charge in [-0.2, -0.15) is 0 Å². The molecule has 0 bridgehead atoms. The molecule has 3 unspecified atom stereocenters. The van der Waals surface area contributed by atoms with E-state index >= 15 is 0 Å².